The second-order valence-corrected chi connectivity index (χ2v) is 10.6. The lowest BCUT2D eigenvalue weighted by molar-refractivity contribution is 0.812. The third-order valence-electron chi connectivity index (χ3n) is 5.45. The highest BCUT2D eigenvalue weighted by Gasteiger charge is 2.12. The van der Waals surface area contributed by atoms with Gasteiger partial charge >= 0.3 is 0 Å². The molecular weight excluding hydrogens is 486 g/mol. The lowest BCUT2D eigenvalue weighted by Crippen LogP contribution is -2.16. The topological polar surface area (TPSA) is 60.8 Å². The van der Waals surface area contributed by atoms with Gasteiger partial charge in [0.1, 0.15) is 17.5 Å². The van der Waals surface area contributed by atoms with E-state index < -0.39 is 0 Å². The van der Waals surface area contributed by atoms with E-state index in [4.69, 9.17) is 16.6 Å². The maximum atomic E-state index is 6.53. The molecule has 0 unspecified atom stereocenters. The van der Waals surface area contributed by atoms with Crippen LogP contribution in [0.3, 0.4) is 0 Å². The number of anilines is 2. The van der Waals surface area contributed by atoms with Gasteiger partial charge in [0.05, 0.1) is 5.69 Å². The van der Waals surface area contributed by atoms with E-state index in [1.807, 2.05) is 18.2 Å². The maximum absolute atomic E-state index is 6.53. The van der Waals surface area contributed by atoms with Crippen molar-refractivity contribution < 1.29 is 0 Å². The van der Waals surface area contributed by atoms with E-state index >= 15 is 0 Å². The summed E-state index contributed by atoms with van der Waals surface area (Å²) >= 11 is 8.32. The van der Waals surface area contributed by atoms with Gasteiger partial charge < -0.3 is 16.0 Å². The third-order valence-corrected chi connectivity index (χ3v) is 6.81. The van der Waals surface area contributed by atoms with E-state index in [2.05, 4.69) is 80.1 Å². The van der Waals surface area contributed by atoms with Crippen LogP contribution in [0, 0.1) is 0 Å². The fourth-order valence-electron chi connectivity index (χ4n) is 3.82. The summed E-state index contributed by atoms with van der Waals surface area (Å²) in [6.07, 6.45) is 7.31. The van der Waals surface area contributed by atoms with Crippen LogP contribution in [0.5, 0.6) is 0 Å². The highest BCUT2D eigenvalue weighted by Crippen LogP contribution is 2.31. The van der Waals surface area contributed by atoms with Crippen LogP contribution in [-0.2, 0) is 19.3 Å². The molecule has 0 heterocycles. The van der Waals surface area contributed by atoms with Crippen LogP contribution in [0.1, 0.15) is 50.8 Å². The van der Waals surface area contributed by atoms with Crippen molar-refractivity contribution in [2.75, 3.05) is 23.8 Å². The molecule has 2 aromatic rings. The number of para-hydroxylation sites is 1. The number of rotatable bonds is 15. The van der Waals surface area contributed by atoms with Crippen LogP contribution >= 0.6 is 23.4 Å². The molecule has 0 saturated heterocycles. The van der Waals surface area contributed by atoms with Crippen LogP contribution in [0.4, 0.5) is 11.4 Å². The van der Waals surface area contributed by atoms with E-state index in [1.54, 1.807) is 18.0 Å². The average molecular weight is 526 g/mol. The molecule has 36 heavy (non-hydrogen) atoms. The van der Waals surface area contributed by atoms with Crippen LogP contribution in [0.2, 0.25) is 0 Å². The number of hydrogen-bond acceptors (Lipinski definition) is 5. The molecule has 194 valence electrons. The second kappa shape index (κ2) is 16.1. The molecule has 0 bridgehead atoms. The zero-order valence-electron chi connectivity index (χ0n) is 22.0. The fraction of sp³-hybridized carbons (Fsp3) is 0.379. The lowest BCUT2D eigenvalue weighted by atomic mass is 9.95. The SMILES string of the molecule is C=CNCCc1cc(CC)c(NCN=C(Nc2ccccc2SC(C)C)/C(Cl)=C\N=C)cc1CCC. The number of thioether (sulfide) groups is 1. The minimum atomic E-state index is 0.374. The first kappa shape index (κ1) is 29.5. The molecule has 3 N–H and O–H groups in total. The zero-order chi connectivity index (χ0) is 26.3. The van der Waals surface area contributed by atoms with E-state index in [-0.39, 0.29) is 0 Å². The Morgan fingerprint density at radius 3 is 2.50 bits per heavy atom. The molecule has 0 fully saturated rings. The molecule has 7 heteroatoms. The molecule has 0 radical (unpaired) electrons. The minimum absolute atomic E-state index is 0.374. The minimum Gasteiger partial charge on any atom is -0.391 e. The fourth-order valence-corrected chi connectivity index (χ4v) is 4.90. The predicted octanol–water partition coefficient (Wildman–Crippen LogP) is 7.64. The van der Waals surface area contributed by atoms with Crippen molar-refractivity contribution in [3.8, 4) is 0 Å². The van der Waals surface area contributed by atoms with E-state index in [0.717, 1.165) is 48.5 Å². The van der Waals surface area contributed by atoms with Gasteiger partial charge in [-0.05, 0) is 67.1 Å². The highest BCUT2D eigenvalue weighted by molar-refractivity contribution is 8.00. The number of nitrogens with one attached hydrogen (secondary N) is 3. The summed E-state index contributed by atoms with van der Waals surface area (Å²) in [5.74, 6) is 0.548. The van der Waals surface area contributed by atoms with Gasteiger partial charge in [0.25, 0.3) is 0 Å². The van der Waals surface area contributed by atoms with E-state index in [0.29, 0.717) is 22.8 Å². The summed E-state index contributed by atoms with van der Waals surface area (Å²) in [5, 5.41) is 11.0. The standard InChI is InChI=1S/C29H40ClN5S/c1-7-12-23-18-27(22(8-2)17-24(23)15-16-32-9-3)33-20-34-29(25(30)19-31-6)35-26-13-10-11-14-28(26)36-21(4)5/h9-11,13-14,17-19,21,32-33H,3,6-8,12,15-16,20H2,1-2,4-5H3,(H,34,35)/b25-19+. The van der Waals surface area contributed by atoms with Gasteiger partial charge in [0, 0.05) is 28.6 Å². The molecule has 0 aliphatic heterocycles. The molecule has 0 saturated carbocycles. The predicted molar refractivity (Wildman–Crippen MR) is 162 cm³/mol. The summed E-state index contributed by atoms with van der Waals surface area (Å²) < 4.78 is 0. The summed E-state index contributed by atoms with van der Waals surface area (Å²) in [6.45, 7) is 17.3. The molecule has 0 aromatic heterocycles. The van der Waals surface area contributed by atoms with Crippen molar-refractivity contribution in [2.45, 2.75) is 63.5 Å². The molecule has 2 aromatic carbocycles. The second-order valence-electron chi connectivity index (χ2n) is 8.58. The molecule has 0 spiro atoms. The van der Waals surface area contributed by atoms with Gasteiger partial charge in [-0.2, -0.15) is 0 Å². The lowest BCUT2D eigenvalue weighted by Gasteiger charge is -2.17. The number of hydrogen-bond donors (Lipinski definition) is 3. The van der Waals surface area contributed by atoms with Crippen LogP contribution in [0.15, 0.2) is 75.3 Å². The number of aliphatic imine (C=N–C) groups is 2. The summed E-state index contributed by atoms with van der Waals surface area (Å²) in [6, 6.07) is 12.8. The quantitative estimate of drug-likeness (QED) is 0.0967. The monoisotopic (exact) mass is 525 g/mol. The first-order chi connectivity index (χ1) is 17.4. The molecule has 5 nitrogen and oxygen atoms in total. The Labute approximate surface area is 226 Å². The first-order valence-electron chi connectivity index (χ1n) is 12.5. The molecule has 0 aliphatic carbocycles. The third kappa shape index (κ3) is 9.40. The summed E-state index contributed by atoms with van der Waals surface area (Å²) in [4.78, 5) is 9.74. The molecule has 2 rings (SSSR count). The van der Waals surface area contributed by atoms with Gasteiger partial charge in [-0.1, -0.05) is 70.5 Å². The van der Waals surface area contributed by atoms with Crippen molar-refractivity contribution >= 4 is 47.3 Å². The number of halogens is 1. The normalized spacial score (nSPS) is 11.9. The summed E-state index contributed by atoms with van der Waals surface area (Å²) in [7, 11) is 0. The van der Waals surface area contributed by atoms with Crippen molar-refractivity contribution in [2.24, 2.45) is 9.98 Å². The maximum Gasteiger partial charge on any atom is 0.147 e. The molecule has 0 atom stereocenters. The number of aryl methyl sites for hydroxylation is 2. The Balaban J connectivity index is 2.30. The highest BCUT2D eigenvalue weighted by atomic mass is 35.5. The summed E-state index contributed by atoms with van der Waals surface area (Å²) in [5.41, 5.74) is 6.12. The van der Waals surface area contributed by atoms with Gasteiger partial charge in [0.15, 0.2) is 0 Å². The first-order valence-corrected chi connectivity index (χ1v) is 13.8. The molecule has 0 aliphatic rings. The van der Waals surface area contributed by atoms with Crippen molar-refractivity contribution in [3.63, 3.8) is 0 Å². The van der Waals surface area contributed by atoms with Crippen molar-refractivity contribution in [3.05, 3.63) is 77.1 Å². The van der Waals surface area contributed by atoms with Crippen molar-refractivity contribution in [1.29, 1.82) is 0 Å². The number of nitrogens with zero attached hydrogens (tertiary/aromatic N) is 2. The van der Waals surface area contributed by atoms with E-state index in [9.17, 15) is 0 Å². The Bertz CT molecular complexity index is 1060. The van der Waals surface area contributed by atoms with Gasteiger partial charge in [-0.15, -0.1) is 11.8 Å². The van der Waals surface area contributed by atoms with E-state index in [1.165, 1.54) is 22.9 Å². The van der Waals surface area contributed by atoms with Gasteiger partial charge in [0.2, 0.25) is 0 Å². The van der Waals surface area contributed by atoms with Crippen molar-refractivity contribution in [1.82, 2.24) is 5.32 Å². The smallest absolute Gasteiger partial charge is 0.147 e. The Hall–Kier alpha value is -2.70. The average Bonchev–Trinajstić information content (AvgIpc) is 2.85. The number of benzene rings is 2. The van der Waals surface area contributed by atoms with Crippen LogP contribution in [0.25, 0.3) is 0 Å². The largest absolute Gasteiger partial charge is 0.391 e. The van der Waals surface area contributed by atoms with Crippen LogP contribution in [-0.4, -0.2) is 31.0 Å². The Kier molecular flexibility index (Phi) is 13.2. The van der Waals surface area contributed by atoms with Gasteiger partial charge in [-0.3, -0.25) is 4.99 Å². The zero-order valence-corrected chi connectivity index (χ0v) is 23.6. The Morgan fingerprint density at radius 2 is 1.83 bits per heavy atom. The van der Waals surface area contributed by atoms with Crippen LogP contribution < -0.4 is 16.0 Å². The number of amidine groups is 1. The Morgan fingerprint density at radius 1 is 1.08 bits per heavy atom. The molecule has 0 amide bonds. The molecular formula is C29H40ClN5S. The van der Waals surface area contributed by atoms with Gasteiger partial charge in [-0.25, -0.2) is 4.99 Å².